The summed E-state index contributed by atoms with van der Waals surface area (Å²) in [6, 6.07) is 0.0926. The van der Waals surface area contributed by atoms with Crippen molar-refractivity contribution < 1.29 is 9.53 Å². The fraction of sp³-hybridized carbons (Fsp3) is 0.909. The number of carbonyl (C=O) groups excluding carboxylic acids is 1. The molecule has 1 heterocycles. The van der Waals surface area contributed by atoms with E-state index in [0.717, 1.165) is 0 Å². The van der Waals surface area contributed by atoms with Crippen molar-refractivity contribution >= 4 is 21.8 Å². The Morgan fingerprint density at radius 3 is 2.00 bits per heavy atom. The van der Waals surface area contributed by atoms with E-state index < -0.39 is 0 Å². The number of ether oxygens (including phenoxy) is 1. The second kappa shape index (κ2) is 3.74. The highest BCUT2D eigenvalue weighted by Gasteiger charge is 2.57. The largest absolute Gasteiger partial charge is 0.369 e. The zero-order valence-electron chi connectivity index (χ0n) is 10.3. The van der Waals surface area contributed by atoms with Crippen molar-refractivity contribution in [1.82, 2.24) is 4.90 Å². The van der Waals surface area contributed by atoms with Crippen LogP contribution in [0.1, 0.15) is 34.6 Å². The number of β-lactam (4-membered cyclic amide) rings is 1. The number of likely N-dealkylation sites (tertiary alicyclic amines) is 1. The maximum atomic E-state index is 11.9. The van der Waals surface area contributed by atoms with Crippen LogP contribution in [0.5, 0.6) is 0 Å². The van der Waals surface area contributed by atoms with Gasteiger partial charge in [-0.1, -0.05) is 15.9 Å². The SMILES string of the molecule is CO[C@@H]1C(=O)N(C(C)(C)C)[C@@H]1C(C)(C)Br. The van der Waals surface area contributed by atoms with Gasteiger partial charge in [0.25, 0.3) is 5.91 Å². The van der Waals surface area contributed by atoms with E-state index in [1.807, 2.05) is 25.7 Å². The van der Waals surface area contributed by atoms with Crippen LogP contribution in [-0.4, -0.2) is 39.9 Å². The van der Waals surface area contributed by atoms with Gasteiger partial charge in [-0.2, -0.15) is 0 Å². The lowest BCUT2D eigenvalue weighted by molar-refractivity contribution is -0.183. The lowest BCUT2D eigenvalue weighted by atomic mass is 9.83. The summed E-state index contributed by atoms with van der Waals surface area (Å²) in [4.78, 5) is 13.8. The molecule has 4 heteroatoms. The molecule has 2 atom stereocenters. The Labute approximate surface area is 100 Å². The van der Waals surface area contributed by atoms with Crippen LogP contribution in [0.4, 0.5) is 0 Å². The van der Waals surface area contributed by atoms with Crippen molar-refractivity contribution in [2.75, 3.05) is 7.11 Å². The normalized spacial score (nSPS) is 27.9. The first-order chi connectivity index (χ1) is 6.60. The Hall–Kier alpha value is -0.0900. The lowest BCUT2D eigenvalue weighted by Crippen LogP contribution is -2.75. The first-order valence-electron chi connectivity index (χ1n) is 5.15. The third-order valence-corrected chi connectivity index (χ3v) is 3.19. The fourth-order valence-corrected chi connectivity index (χ4v) is 2.55. The van der Waals surface area contributed by atoms with Gasteiger partial charge in [0.15, 0.2) is 6.10 Å². The van der Waals surface area contributed by atoms with Crippen LogP contribution in [0.3, 0.4) is 0 Å². The molecule has 0 spiro atoms. The van der Waals surface area contributed by atoms with E-state index in [4.69, 9.17) is 4.74 Å². The first-order valence-corrected chi connectivity index (χ1v) is 5.95. The average Bonchev–Trinajstić information content (AvgIpc) is 1.95. The molecule has 15 heavy (non-hydrogen) atoms. The molecule has 0 radical (unpaired) electrons. The number of rotatable bonds is 2. The monoisotopic (exact) mass is 277 g/mol. The van der Waals surface area contributed by atoms with E-state index in [1.165, 1.54) is 0 Å². The Bertz CT molecular complexity index is 265. The summed E-state index contributed by atoms with van der Waals surface area (Å²) in [5.74, 6) is 0.0857. The van der Waals surface area contributed by atoms with Gasteiger partial charge in [-0.15, -0.1) is 0 Å². The van der Waals surface area contributed by atoms with Crippen LogP contribution in [0.25, 0.3) is 0 Å². The topological polar surface area (TPSA) is 29.5 Å². The molecule has 3 nitrogen and oxygen atoms in total. The molecule has 1 rings (SSSR count). The van der Waals surface area contributed by atoms with E-state index >= 15 is 0 Å². The van der Waals surface area contributed by atoms with Gasteiger partial charge >= 0.3 is 0 Å². The number of alkyl halides is 1. The molecule has 0 N–H and O–H groups in total. The molecular weight excluding hydrogens is 258 g/mol. The second-order valence-corrected chi connectivity index (χ2v) is 7.59. The molecule has 1 aliphatic rings. The Morgan fingerprint density at radius 2 is 1.73 bits per heavy atom. The van der Waals surface area contributed by atoms with E-state index in [-0.39, 0.29) is 27.9 Å². The smallest absolute Gasteiger partial charge is 0.254 e. The number of halogens is 1. The van der Waals surface area contributed by atoms with Gasteiger partial charge in [0.1, 0.15) is 0 Å². The summed E-state index contributed by atoms with van der Waals surface area (Å²) in [5, 5.41) is 0. The molecule has 0 saturated carbocycles. The van der Waals surface area contributed by atoms with E-state index in [2.05, 4.69) is 29.8 Å². The highest BCUT2D eigenvalue weighted by atomic mass is 79.9. The highest BCUT2D eigenvalue weighted by Crippen LogP contribution is 2.40. The summed E-state index contributed by atoms with van der Waals surface area (Å²) in [6.45, 7) is 10.3. The number of hydrogen-bond donors (Lipinski definition) is 0. The third-order valence-electron chi connectivity index (χ3n) is 2.73. The first kappa shape index (κ1) is 13.0. The van der Waals surface area contributed by atoms with Crippen LogP contribution in [0.2, 0.25) is 0 Å². The minimum atomic E-state index is -0.307. The molecule has 0 bridgehead atoms. The molecule has 88 valence electrons. The molecule has 0 aromatic heterocycles. The number of amides is 1. The summed E-state index contributed by atoms with van der Waals surface area (Å²) in [7, 11) is 1.59. The molecule has 0 aliphatic carbocycles. The molecular formula is C11H20BrNO2. The molecule has 0 aromatic rings. The van der Waals surface area contributed by atoms with E-state index in [0.29, 0.717) is 0 Å². The van der Waals surface area contributed by atoms with Gasteiger partial charge in [0, 0.05) is 17.0 Å². The molecule has 1 fully saturated rings. The van der Waals surface area contributed by atoms with Crippen LogP contribution in [0, 0.1) is 0 Å². The minimum Gasteiger partial charge on any atom is -0.369 e. The van der Waals surface area contributed by atoms with Gasteiger partial charge < -0.3 is 9.64 Å². The average molecular weight is 278 g/mol. The van der Waals surface area contributed by atoms with E-state index in [1.54, 1.807) is 7.11 Å². The summed E-state index contributed by atoms with van der Waals surface area (Å²) >= 11 is 3.62. The lowest BCUT2D eigenvalue weighted by Gasteiger charge is -2.57. The number of methoxy groups -OCH3 is 1. The predicted molar refractivity (Wildman–Crippen MR) is 64.2 cm³/mol. The fourth-order valence-electron chi connectivity index (χ4n) is 2.11. The minimum absolute atomic E-state index is 0.0857. The Balaban J connectivity index is 2.95. The van der Waals surface area contributed by atoms with E-state index in [9.17, 15) is 4.79 Å². The van der Waals surface area contributed by atoms with Gasteiger partial charge in [-0.25, -0.2) is 0 Å². The molecule has 0 aromatic carbocycles. The van der Waals surface area contributed by atoms with Gasteiger partial charge in [-0.3, -0.25) is 4.79 Å². The highest BCUT2D eigenvalue weighted by molar-refractivity contribution is 9.10. The van der Waals surface area contributed by atoms with Gasteiger partial charge in [-0.05, 0) is 34.6 Å². The summed E-state index contributed by atoms with van der Waals surface area (Å²) in [5.41, 5.74) is -0.151. The predicted octanol–water partition coefficient (Wildman–Crippen LogP) is 2.18. The molecule has 1 saturated heterocycles. The van der Waals surface area contributed by atoms with Crippen LogP contribution in [0.15, 0.2) is 0 Å². The van der Waals surface area contributed by atoms with Gasteiger partial charge in [0.2, 0.25) is 0 Å². The van der Waals surface area contributed by atoms with Crippen LogP contribution < -0.4 is 0 Å². The zero-order chi connectivity index (χ0) is 12.0. The Morgan fingerprint density at radius 1 is 1.27 bits per heavy atom. The standard InChI is InChI=1S/C11H20BrNO2/c1-10(2,3)13-8(11(4,5)12)7(15-6)9(13)14/h7-8H,1-6H3/t7-,8-/m0/s1. The number of carbonyl (C=O) groups is 1. The summed E-state index contributed by atoms with van der Waals surface area (Å²) < 4.78 is 5.11. The quantitative estimate of drug-likeness (QED) is 0.572. The van der Waals surface area contributed by atoms with Crippen LogP contribution in [-0.2, 0) is 9.53 Å². The molecule has 0 unspecified atom stereocenters. The number of nitrogens with zero attached hydrogens (tertiary/aromatic N) is 1. The van der Waals surface area contributed by atoms with Crippen molar-refractivity contribution in [3.8, 4) is 0 Å². The van der Waals surface area contributed by atoms with Gasteiger partial charge in [0.05, 0.1) is 6.04 Å². The molecule has 1 amide bonds. The van der Waals surface area contributed by atoms with Crippen LogP contribution >= 0.6 is 15.9 Å². The van der Waals surface area contributed by atoms with Crippen molar-refractivity contribution in [1.29, 1.82) is 0 Å². The summed E-state index contributed by atoms with van der Waals surface area (Å²) in [6.07, 6.45) is -0.307. The maximum Gasteiger partial charge on any atom is 0.254 e. The van der Waals surface area contributed by atoms with Crippen molar-refractivity contribution in [2.45, 2.75) is 56.6 Å². The van der Waals surface area contributed by atoms with Crippen molar-refractivity contribution in [2.24, 2.45) is 0 Å². The Kier molecular flexibility index (Phi) is 3.23. The van der Waals surface area contributed by atoms with Crippen molar-refractivity contribution in [3.05, 3.63) is 0 Å². The second-order valence-electron chi connectivity index (χ2n) is 5.54. The molecule has 1 aliphatic heterocycles. The maximum absolute atomic E-state index is 11.9. The number of hydrogen-bond acceptors (Lipinski definition) is 2. The zero-order valence-corrected chi connectivity index (χ0v) is 11.9. The van der Waals surface area contributed by atoms with Crippen molar-refractivity contribution in [3.63, 3.8) is 0 Å². The third kappa shape index (κ3) is 2.21.